The van der Waals surface area contributed by atoms with Crippen LogP contribution in [0.2, 0.25) is 0 Å². The Kier molecular flexibility index (Phi) is 17.7. The molecule has 3 aromatic rings. The van der Waals surface area contributed by atoms with E-state index in [4.69, 9.17) is 34.7 Å². The van der Waals surface area contributed by atoms with Gasteiger partial charge in [-0.3, -0.25) is 9.20 Å². The molecule has 53 heavy (non-hydrogen) atoms. The van der Waals surface area contributed by atoms with Crippen molar-refractivity contribution in [1.29, 1.82) is 0 Å². The molecule has 0 aromatic carbocycles. The number of rotatable bonds is 9. The van der Waals surface area contributed by atoms with Crippen molar-refractivity contribution in [2.45, 2.75) is 31.5 Å². The highest BCUT2D eigenvalue weighted by Gasteiger charge is 2.39. The Labute approximate surface area is 296 Å². The van der Waals surface area contributed by atoms with Crippen LogP contribution >= 0.6 is 0 Å². The molecular weight excluding hydrogens is 741 g/mol. The van der Waals surface area contributed by atoms with E-state index >= 15 is 0 Å². The molecule has 1 saturated heterocycles. The zero-order chi connectivity index (χ0) is 40.7. The monoisotopic (exact) mass is 779 g/mol. The molecule has 14 nitrogen and oxygen atoms in total. The van der Waals surface area contributed by atoms with Crippen molar-refractivity contribution in [3.63, 3.8) is 0 Å². The molecule has 23 heteroatoms. The summed E-state index contributed by atoms with van der Waals surface area (Å²) in [4.78, 5) is 51.4. The van der Waals surface area contributed by atoms with Gasteiger partial charge >= 0.3 is 36.4 Å². The van der Waals surface area contributed by atoms with Crippen LogP contribution in [0.1, 0.15) is 16.9 Å². The number of nitrogens with zero attached hydrogens (tertiary/aromatic N) is 6. The second kappa shape index (κ2) is 20.4. The maximum atomic E-state index is 13.0. The average molecular weight is 780 g/mol. The van der Waals surface area contributed by atoms with Gasteiger partial charge in [-0.05, 0) is 52.3 Å². The predicted octanol–water partition coefficient (Wildman–Crippen LogP) is 3.63. The first-order chi connectivity index (χ1) is 24.3. The molecule has 4 rings (SSSR count). The summed E-state index contributed by atoms with van der Waals surface area (Å²) >= 11 is 0. The number of aliphatic carboxylic acids is 3. The van der Waals surface area contributed by atoms with Crippen LogP contribution < -0.4 is 5.32 Å². The summed E-state index contributed by atoms with van der Waals surface area (Å²) in [6.07, 6.45) is -8.16. The Hall–Kier alpha value is -4.90. The number of fused-ring (bicyclic) bond motifs is 1. The fraction of sp³-hybridized carbons (Fsp3) is 0.500. The largest absolute Gasteiger partial charge is 0.490 e. The maximum Gasteiger partial charge on any atom is 0.490 e. The molecule has 0 saturated carbocycles. The number of carbonyl (C=O) groups excluding carboxylic acids is 1. The molecule has 0 aliphatic carbocycles. The van der Waals surface area contributed by atoms with Crippen LogP contribution in [0.5, 0.6) is 0 Å². The van der Waals surface area contributed by atoms with Gasteiger partial charge in [-0.1, -0.05) is 6.07 Å². The Morgan fingerprint density at radius 1 is 0.792 bits per heavy atom. The number of likely N-dealkylation sites (N-methyl/N-ethyl adjacent to an activating group) is 2. The predicted molar refractivity (Wildman–Crippen MR) is 169 cm³/mol. The highest BCUT2D eigenvalue weighted by Crippen LogP contribution is 2.23. The van der Waals surface area contributed by atoms with Crippen LogP contribution in [-0.2, 0) is 20.9 Å². The van der Waals surface area contributed by atoms with Gasteiger partial charge in [-0.25, -0.2) is 19.4 Å². The number of pyridine rings is 1. The lowest BCUT2D eigenvalue weighted by atomic mass is 10.3. The summed E-state index contributed by atoms with van der Waals surface area (Å²) in [5.41, 5.74) is 2.33. The molecular formula is C30H38F9N7O7. The number of imidazole rings is 1. The number of carbonyl (C=O) groups is 4. The van der Waals surface area contributed by atoms with Gasteiger partial charge < -0.3 is 39.9 Å². The van der Waals surface area contributed by atoms with Gasteiger partial charge in [-0.2, -0.15) is 39.5 Å². The minimum Gasteiger partial charge on any atom is -0.475 e. The smallest absolute Gasteiger partial charge is 0.475 e. The third-order valence-corrected chi connectivity index (χ3v) is 6.84. The van der Waals surface area contributed by atoms with Gasteiger partial charge in [0, 0.05) is 70.0 Å². The zero-order valence-corrected chi connectivity index (χ0v) is 28.5. The maximum absolute atomic E-state index is 13.0. The highest BCUT2D eigenvalue weighted by atomic mass is 19.4. The second-order valence-electron chi connectivity index (χ2n) is 11.3. The van der Waals surface area contributed by atoms with Gasteiger partial charge in [0.05, 0.1) is 5.52 Å². The quantitative estimate of drug-likeness (QED) is 0.185. The molecule has 0 bridgehead atoms. The molecule has 4 heterocycles. The number of carboxylic acid groups (broad SMARTS) is 3. The summed E-state index contributed by atoms with van der Waals surface area (Å²) < 4.78 is 99.4. The normalized spacial score (nSPS) is 13.9. The number of halogens is 9. The number of hydrogen-bond donors (Lipinski definition) is 4. The molecule has 0 spiro atoms. The molecule has 0 unspecified atom stereocenters. The minimum absolute atomic E-state index is 0.106. The van der Waals surface area contributed by atoms with Gasteiger partial charge in [-0.15, -0.1) is 0 Å². The van der Waals surface area contributed by atoms with E-state index in [9.17, 15) is 44.3 Å². The Morgan fingerprint density at radius 3 is 1.77 bits per heavy atom. The van der Waals surface area contributed by atoms with Crippen molar-refractivity contribution in [2.75, 3.05) is 67.0 Å². The number of piperazine rings is 1. The van der Waals surface area contributed by atoms with E-state index in [0.29, 0.717) is 12.2 Å². The Bertz CT molecular complexity index is 1570. The molecule has 298 valence electrons. The van der Waals surface area contributed by atoms with Crippen molar-refractivity contribution in [1.82, 2.24) is 34.0 Å². The topological polar surface area (TPSA) is 173 Å². The lowest BCUT2D eigenvalue weighted by molar-refractivity contribution is -0.193. The highest BCUT2D eigenvalue weighted by molar-refractivity contribution is 6.00. The molecule has 1 aliphatic rings. The van der Waals surface area contributed by atoms with E-state index < -0.39 is 36.4 Å². The van der Waals surface area contributed by atoms with Crippen LogP contribution in [0.15, 0.2) is 42.9 Å². The summed E-state index contributed by atoms with van der Waals surface area (Å²) in [5.74, 6) is -7.58. The van der Waals surface area contributed by atoms with Crippen LogP contribution in [0.25, 0.3) is 16.9 Å². The van der Waals surface area contributed by atoms with Gasteiger partial charge in [0.25, 0.3) is 5.91 Å². The first-order valence-electron chi connectivity index (χ1n) is 15.2. The Balaban J connectivity index is 0.000000545. The molecule has 3 aromatic heterocycles. The number of amides is 1. The number of aromatic nitrogens is 3. The molecule has 1 fully saturated rings. The lowest BCUT2D eigenvalue weighted by Gasteiger charge is -2.32. The van der Waals surface area contributed by atoms with Crippen LogP contribution in [-0.4, -0.2) is 153 Å². The zero-order valence-electron chi connectivity index (χ0n) is 28.5. The van der Waals surface area contributed by atoms with E-state index in [1.54, 1.807) is 0 Å². The standard InChI is InChI=1S/C24H35N7O.3C2HF3O2/c1-27(2)13-16-30-12-8-20(19-30)23-26-22(21-7-4-5-11-31(21)23)24(32)25-9-6-10-29-17-14-28(3)15-18-29;3*3-2(4,5)1(6)7/h4-5,7-8,11-12,19H,6,9-10,13-18H2,1-3H3,(H,25,32);3*(H,6,7). The summed E-state index contributed by atoms with van der Waals surface area (Å²) in [5, 5.41) is 24.5. The van der Waals surface area contributed by atoms with Crippen molar-refractivity contribution >= 4 is 29.3 Å². The number of hydrogen-bond acceptors (Lipinski definition) is 8. The first kappa shape index (κ1) is 46.1. The molecule has 1 aliphatic heterocycles. The molecule has 0 atom stereocenters. The average Bonchev–Trinajstić information content (AvgIpc) is 3.67. The molecule has 4 N–H and O–H groups in total. The van der Waals surface area contributed by atoms with Crippen molar-refractivity contribution in [3.05, 3.63) is 48.5 Å². The minimum atomic E-state index is -5.08. The van der Waals surface area contributed by atoms with Crippen molar-refractivity contribution < 1.29 is 74.0 Å². The van der Waals surface area contributed by atoms with Gasteiger partial charge in [0.2, 0.25) is 0 Å². The lowest BCUT2D eigenvalue weighted by Crippen LogP contribution is -2.45. The van der Waals surface area contributed by atoms with Crippen LogP contribution in [0.3, 0.4) is 0 Å². The van der Waals surface area contributed by atoms with E-state index in [2.05, 4.69) is 64.2 Å². The molecule has 0 radical (unpaired) electrons. The Morgan fingerprint density at radius 2 is 1.30 bits per heavy atom. The van der Waals surface area contributed by atoms with E-state index in [1.807, 2.05) is 28.8 Å². The van der Waals surface area contributed by atoms with Crippen molar-refractivity contribution in [2.24, 2.45) is 0 Å². The summed E-state index contributed by atoms with van der Waals surface area (Å²) in [7, 11) is 6.31. The van der Waals surface area contributed by atoms with Crippen molar-refractivity contribution in [3.8, 4) is 11.4 Å². The molecule has 1 amide bonds. The third kappa shape index (κ3) is 17.0. The van der Waals surface area contributed by atoms with Gasteiger partial charge in [0.15, 0.2) is 5.69 Å². The van der Waals surface area contributed by atoms with Gasteiger partial charge in [0.1, 0.15) is 5.82 Å². The van der Waals surface area contributed by atoms with Crippen LogP contribution in [0, 0.1) is 0 Å². The first-order valence-corrected chi connectivity index (χ1v) is 15.2. The fourth-order valence-corrected chi connectivity index (χ4v) is 4.10. The number of carboxylic acids is 3. The van der Waals surface area contributed by atoms with Crippen LogP contribution in [0.4, 0.5) is 39.5 Å². The summed E-state index contributed by atoms with van der Waals surface area (Å²) in [6.45, 7) is 8.01. The van der Waals surface area contributed by atoms with E-state index in [0.717, 1.165) is 69.1 Å². The fourth-order valence-electron chi connectivity index (χ4n) is 4.10. The second-order valence-corrected chi connectivity index (χ2v) is 11.3. The SMILES string of the molecule is CN(C)CCn1ccc(-c2nc(C(=O)NCCCN3CCN(C)CC3)c3ccccn23)c1.O=C(O)C(F)(F)F.O=C(O)C(F)(F)F.O=C(O)C(F)(F)F. The number of nitrogens with one attached hydrogen (secondary N) is 1. The summed E-state index contributed by atoms with van der Waals surface area (Å²) in [6, 6.07) is 7.94. The van der Waals surface area contributed by atoms with E-state index in [-0.39, 0.29) is 5.91 Å². The number of alkyl halides is 9. The third-order valence-electron chi connectivity index (χ3n) is 6.84. The van der Waals surface area contributed by atoms with E-state index in [1.165, 1.54) is 0 Å².